The number of ether oxygens (including phenoxy) is 2. The van der Waals surface area contributed by atoms with Gasteiger partial charge in [0.15, 0.2) is 0 Å². The predicted octanol–water partition coefficient (Wildman–Crippen LogP) is 6.01. The van der Waals surface area contributed by atoms with Crippen LogP contribution in [0, 0.1) is 11.8 Å². The maximum Gasteiger partial charge on any atom is 0.303 e. The van der Waals surface area contributed by atoms with Gasteiger partial charge in [0.25, 0.3) is 0 Å². The number of likely N-dealkylation sites (tertiary alicyclic amines) is 1. The van der Waals surface area contributed by atoms with Crippen LogP contribution in [0.5, 0.6) is 11.5 Å². The van der Waals surface area contributed by atoms with Crippen LogP contribution in [0.2, 0.25) is 0 Å². The topological polar surface area (TPSA) is 71.9 Å². The van der Waals surface area contributed by atoms with Gasteiger partial charge in [-0.2, -0.15) is 0 Å². The lowest BCUT2D eigenvalue weighted by atomic mass is 9.79. The molecule has 198 valence electrons. The number of pyridine rings is 1. The molecule has 37 heavy (non-hydrogen) atoms. The monoisotopic (exact) mass is 504 g/mol. The van der Waals surface area contributed by atoms with Gasteiger partial charge in [-0.15, -0.1) is 0 Å². The summed E-state index contributed by atoms with van der Waals surface area (Å²) < 4.78 is 10.9. The molecule has 0 aliphatic carbocycles. The molecule has 4 rings (SSSR count). The van der Waals surface area contributed by atoms with E-state index in [1.807, 2.05) is 30.5 Å². The Balaban J connectivity index is 1.32. The van der Waals surface area contributed by atoms with Crippen molar-refractivity contribution in [3.8, 4) is 11.5 Å². The van der Waals surface area contributed by atoms with E-state index in [9.17, 15) is 9.90 Å². The third-order valence-corrected chi connectivity index (χ3v) is 7.88. The number of carboxylic acids is 1. The van der Waals surface area contributed by atoms with Crippen molar-refractivity contribution < 1.29 is 19.4 Å². The summed E-state index contributed by atoms with van der Waals surface area (Å²) >= 11 is 0. The molecule has 1 fully saturated rings. The van der Waals surface area contributed by atoms with E-state index in [4.69, 9.17) is 9.47 Å². The van der Waals surface area contributed by atoms with Gasteiger partial charge < -0.3 is 19.5 Å². The maximum atomic E-state index is 11.4. The van der Waals surface area contributed by atoms with E-state index in [1.54, 1.807) is 14.2 Å². The second-order valence-corrected chi connectivity index (χ2v) is 10.2. The first kappa shape index (κ1) is 26.9. The Morgan fingerprint density at radius 3 is 2.65 bits per heavy atom. The summed E-state index contributed by atoms with van der Waals surface area (Å²) in [6, 6.07) is 16.4. The highest BCUT2D eigenvalue weighted by molar-refractivity contribution is 5.83. The number of aliphatic carboxylic acids is 1. The van der Waals surface area contributed by atoms with E-state index < -0.39 is 5.97 Å². The maximum absolute atomic E-state index is 11.4. The standard InChI is InChI=1S/C31H40N2O4/c1-36-27-13-14-29-28(21-27)24(16-18-32-29)9-5-8-23-17-20-33(22-26(23)12-15-31(34)35)19-6-10-25-7-3-4-11-30(25)37-2/h3-4,7,11,13-14,16,18,21,23,26H,5-6,8-10,12,15,17,19-20,22H2,1-2H3,(H,34,35)/t23-,26+/m1/s1. The van der Waals surface area contributed by atoms with Crippen molar-refractivity contribution in [3.05, 3.63) is 65.9 Å². The highest BCUT2D eigenvalue weighted by Crippen LogP contribution is 2.32. The summed E-state index contributed by atoms with van der Waals surface area (Å²) in [5, 5.41) is 10.5. The number of fused-ring (bicyclic) bond motifs is 1. The number of rotatable bonds is 13. The van der Waals surface area contributed by atoms with Crippen molar-refractivity contribution in [2.45, 2.75) is 51.4 Å². The second-order valence-electron chi connectivity index (χ2n) is 10.2. The quantitative estimate of drug-likeness (QED) is 0.307. The number of benzene rings is 2. The van der Waals surface area contributed by atoms with Gasteiger partial charge in [-0.1, -0.05) is 18.2 Å². The zero-order valence-corrected chi connectivity index (χ0v) is 22.2. The van der Waals surface area contributed by atoms with Crippen molar-refractivity contribution in [1.29, 1.82) is 0 Å². The van der Waals surface area contributed by atoms with Gasteiger partial charge in [0, 0.05) is 24.5 Å². The largest absolute Gasteiger partial charge is 0.497 e. The van der Waals surface area contributed by atoms with E-state index in [2.05, 4.69) is 34.1 Å². The Morgan fingerprint density at radius 2 is 1.84 bits per heavy atom. The molecule has 1 aliphatic rings. The Hall–Kier alpha value is -3.12. The first-order valence-corrected chi connectivity index (χ1v) is 13.5. The Bertz CT molecular complexity index is 1160. The third-order valence-electron chi connectivity index (χ3n) is 7.88. The van der Waals surface area contributed by atoms with Crippen LogP contribution in [0.4, 0.5) is 0 Å². The van der Waals surface area contributed by atoms with E-state index in [1.165, 1.54) is 11.1 Å². The predicted molar refractivity (Wildman–Crippen MR) is 147 cm³/mol. The number of aromatic nitrogens is 1. The summed E-state index contributed by atoms with van der Waals surface area (Å²) in [5.74, 6) is 2.14. The van der Waals surface area contributed by atoms with Crippen LogP contribution in [0.25, 0.3) is 10.9 Å². The smallest absolute Gasteiger partial charge is 0.303 e. The summed E-state index contributed by atoms with van der Waals surface area (Å²) in [7, 11) is 3.42. The molecule has 1 N–H and O–H groups in total. The van der Waals surface area contributed by atoms with Crippen molar-refractivity contribution in [3.63, 3.8) is 0 Å². The number of para-hydroxylation sites is 1. The zero-order valence-electron chi connectivity index (χ0n) is 22.2. The number of aryl methyl sites for hydroxylation is 2. The van der Waals surface area contributed by atoms with Gasteiger partial charge in [0.1, 0.15) is 11.5 Å². The van der Waals surface area contributed by atoms with E-state index in [0.717, 1.165) is 87.0 Å². The van der Waals surface area contributed by atoms with Crippen LogP contribution in [0.1, 0.15) is 49.7 Å². The Labute approximate surface area is 220 Å². The number of methoxy groups -OCH3 is 2. The molecule has 2 atom stereocenters. The molecular weight excluding hydrogens is 464 g/mol. The van der Waals surface area contributed by atoms with E-state index >= 15 is 0 Å². The van der Waals surface area contributed by atoms with Crippen LogP contribution < -0.4 is 9.47 Å². The van der Waals surface area contributed by atoms with Gasteiger partial charge in [-0.05, 0) is 111 Å². The SMILES string of the molecule is COc1ccc2nccc(CCC[C@@H]3CCN(CCCc4ccccc4OC)C[C@@H]3CCC(=O)O)c2c1. The van der Waals surface area contributed by atoms with Crippen molar-refractivity contribution in [1.82, 2.24) is 9.88 Å². The molecule has 0 amide bonds. The second kappa shape index (κ2) is 13.4. The fourth-order valence-electron chi connectivity index (χ4n) is 5.86. The molecule has 6 nitrogen and oxygen atoms in total. The van der Waals surface area contributed by atoms with Crippen LogP contribution in [0.3, 0.4) is 0 Å². The van der Waals surface area contributed by atoms with Gasteiger partial charge in [-0.25, -0.2) is 0 Å². The molecule has 0 unspecified atom stereocenters. The molecule has 2 heterocycles. The average Bonchev–Trinajstić information content (AvgIpc) is 2.92. The normalized spacial score (nSPS) is 18.1. The first-order valence-electron chi connectivity index (χ1n) is 13.5. The highest BCUT2D eigenvalue weighted by atomic mass is 16.5. The molecule has 0 saturated carbocycles. The summed E-state index contributed by atoms with van der Waals surface area (Å²) in [4.78, 5) is 18.4. The average molecular weight is 505 g/mol. The summed E-state index contributed by atoms with van der Waals surface area (Å²) in [6.45, 7) is 3.13. The van der Waals surface area contributed by atoms with Gasteiger partial charge in [0.05, 0.1) is 19.7 Å². The number of piperidine rings is 1. The van der Waals surface area contributed by atoms with Crippen molar-refractivity contribution in [2.24, 2.45) is 11.8 Å². The molecule has 1 aromatic heterocycles. The molecular formula is C31H40N2O4. The van der Waals surface area contributed by atoms with Gasteiger partial charge >= 0.3 is 5.97 Å². The lowest BCUT2D eigenvalue weighted by Gasteiger charge is -2.39. The van der Waals surface area contributed by atoms with Gasteiger partial charge in [-0.3, -0.25) is 9.78 Å². The molecule has 1 aliphatic heterocycles. The minimum Gasteiger partial charge on any atom is -0.497 e. The summed E-state index contributed by atoms with van der Waals surface area (Å²) in [5.41, 5.74) is 3.56. The number of hydrogen-bond acceptors (Lipinski definition) is 5. The van der Waals surface area contributed by atoms with Crippen LogP contribution in [-0.2, 0) is 17.6 Å². The molecule has 6 heteroatoms. The summed E-state index contributed by atoms with van der Waals surface area (Å²) in [6.07, 6.45) is 9.35. The Morgan fingerprint density at radius 1 is 1.00 bits per heavy atom. The fourth-order valence-corrected chi connectivity index (χ4v) is 5.86. The zero-order chi connectivity index (χ0) is 26.0. The van der Waals surface area contributed by atoms with E-state index in [-0.39, 0.29) is 6.42 Å². The lowest BCUT2D eigenvalue weighted by Crippen LogP contribution is -2.41. The molecule has 1 saturated heterocycles. The lowest BCUT2D eigenvalue weighted by molar-refractivity contribution is -0.137. The van der Waals surface area contributed by atoms with Crippen molar-refractivity contribution in [2.75, 3.05) is 33.9 Å². The minimum absolute atomic E-state index is 0.255. The molecule has 0 bridgehead atoms. The third kappa shape index (κ3) is 7.45. The van der Waals surface area contributed by atoms with E-state index in [0.29, 0.717) is 11.8 Å². The first-order chi connectivity index (χ1) is 18.1. The van der Waals surface area contributed by atoms with Gasteiger partial charge in [0.2, 0.25) is 0 Å². The van der Waals surface area contributed by atoms with Crippen LogP contribution >= 0.6 is 0 Å². The minimum atomic E-state index is -0.691. The van der Waals surface area contributed by atoms with Crippen LogP contribution in [-0.4, -0.2) is 54.8 Å². The number of hydrogen-bond donors (Lipinski definition) is 1. The number of nitrogens with zero attached hydrogens (tertiary/aromatic N) is 2. The van der Waals surface area contributed by atoms with Crippen LogP contribution in [0.15, 0.2) is 54.7 Å². The number of carboxylic acid groups (broad SMARTS) is 1. The number of carbonyl (C=O) groups is 1. The fraction of sp³-hybridized carbons (Fsp3) is 0.484. The Kier molecular flexibility index (Phi) is 9.78. The highest BCUT2D eigenvalue weighted by Gasteiger charge is 2.29. The van der Waals surface area contributed by atoms with Crippen molar-refractivity contribution >= 4 is 16.9 Å². The molecule has 2 aromatic carbocycles. The molecule has 0 radical (unpaired) electrons. The molecule has 0 spiro atoms. The molecule has 3 aromatic rings.